The first-order valence-electron chi connectivity index (χ1n) is 4.73. The maximum absolute atomic E-state index is 6.00. The van der Waals surface area contributed by atoms with Gasteiger partial charge in [0.05, 0.1) is 12.5 Å². The highest BCUT2D eigenvalue weighted by Crippen LogP contribution is 2.19. The smallest absolute Gasteiger partial charge is 0.0950 e. The molecule has 0 saturated carbocycles. The van der Waals surface area contributed by atoms with Crippen molar-refractivity contribution in [2.45, 2.75) is 12.5 Å². The fraction of sp³-hybridized carbons (Fsp3) is 0.182. The molecule has 2 aromatic rings. The molecule has 4 nitrogen and oxygen atoms in total. The number of nitrogens with zero attached hydrogens (tertiary/aromatic N) is 1. The number of hydrogen-bond donors (Lipinski definition) is 2. The fourth-order valence-corrected chi connectivity index (χ4v) is 1.45. The number of nitrogens with two attached hydrogens (primary N) is 2. The third-order valence-corrected chi connectivity index (χ3v) is 2.35. The summed E-state index contributed by atoms with van der Waals surface area (Å²) < 4.78 is 4.98. The van der Waals surface area contributed by atoms with Gasteiger partial charge in [-0.05, 0) is 24.1 Å². The molecule has 2 rings (SSSR count). The van der Waals surface area contributed by atoms with E-state index in [1.54, 1.807) is 31.0 Å². The molecular weight excluding hydrogens is 190 g/mol. The molecule has 0 radical (unpaired) electrons. The molecular formula is C11H13N3O. The molecule has 15 heavy (non-hydrogen) atoms. The van der Waals surface area contributed by atoms with Gasteiger partial charge in [0.25, 0.3) is 0 Å². The molecule has 0 spiro atoms. The molecule has 0 aliphatic rings. The zero-order chi connectivity index (χ0) is 10.7. The highest BCUT2D eigenvalue weighted by atomic mass is 16.3. The highest BCUT2D eigenvalue weighted by molar-refractivity contribution is 5.45. The van der Waals surface area contributed by atoms with Gasteiger partial charge in [-0.25, -0.2) is 0 Å². The fourth-order valence-electron chi connectivity index (χ4n) is 1.45. The van der Waals surface area contributed by atoms with E-state index in [0.29, 0.717) is 6.42 Å². The number of pyridine rings is 1. The summed E-state index contributed by atoms with van der Waals surface area (Å²) in [6, 6.07) is 3.53. The largest absolute Gasteiger partial charge is 0.472 e. The molecule has 4 heteroatoms. The number of nitrogen functional groups attached to an aromatic ring is 1. The minimum atomic E-state index is -0.102. The number of aromatic nitrogens is 1. The summed E-state index contributed by atoms with van der Waals surface area (Å²) in [5.41, 5.74) is 14.5. The number of furan rings is 1. The van der Waals surface area contributed by atoms with E-state index in [-0.39, 0.29) is 6.04 Å². The van der Waals surface area contributed by atoms with Gasteiger partial charge >= 0.3 is 0 Å². The summed E-state index contributed by atoms with van der Waals surface area (Å²) in [5, 5.41) is 0. The first kappa shape index (κ1) is 9.73. The van der Waals surface area contributed by atoms with Crippen LogP contribution in [0.5, 0.6) is 0 Å². The Balaban J connectivity index is 2.13. The maximum Gasteiger partial charge on any atom is 0.0950 e. The Bertz CT molecular complexity index is 425. The van der Waals surface area contributed by atoms with Gasteiger partial charge in [-0.15, -0.1) is 0 Å². The monoisotopic (exact) mass is 203 g/mol. The molecule has 0 fully saturated rings. The standard InChI is InChI=1S/C11H13N3O/c12-10-1-3-14-6-9(10)5-11(13)8-2-4-15-7-8/h1-4,6-7,11H,5,13H2,(H2,12,14). The van der Waals surface area contributed by atoms with Crippen molar-refractivity contribution in [3.8, 4) is 0 Å². The van der Waals surface area contributed by atoms with Crippen molar-refractivity contribution >= 4 is 5.69 Å². The lowest BCUT2D eigenvalue weighted by molar-refractivity contribution is 0.558. The number of anilines is 1. The van der Waals surface area contributed by atoms with Crippen molar-refractivity contribution in [1.82, 2.24) is 4.98 Å². The molecule has 0 aliphatic carbocycles. The molecule has 2 aromatic heterocycles. The van der Waals surface area contributed by atoms with E-state index in [1.807, 2.05) is 6.07 Å². The molecule has 0 bridgehead atoms. The van der Waals surface area contributed by atoms with E-state index in [1.165, 1.54) is 0 Å². The average molecular weight is 203 g/mol. The van der Waals surface area contributed by atoms with E-state index in [4.69, 9.17) is 15.9 Å². The van der Waals surface area contributed by atoms with Crippen LogP contribution in [0, 0.1) is 0 Å². The summed E-state index contributed by atoms with van der Waals surface area (Å²) in [7, 11) is 0. The lowest BCUT2D eigenvalue weighted by Gasteiger charge is -2.10. The SMILES string of the molecule is Nc1ccncc1CC(N)c1ccoc1. The van der Waals surface area contributed by atoms with Crippen LogP contribution in [0.3, 0.4) is 0 Å². The Kier molecular flexibility index (Phi) is 2.69. The van der Waals surface area contributed by atoms with Gasteiger partial charge < -0.3 is 15.9 Å². The minimum absolute atomic E-state index is 0.102. The first-order valence-corrected chi connectivity index (χ1v) is 4.73. The van der Waals surface area contributed by atoms with Crippen LogP contribution in [-0.2, 0) is 6.42 Å². The molecule has 0 amide bonds. The second-order valence-corrected chi connectivity index (χ2v) is 3.44. The first-order chi connectivity index (χ1) is 7.27. The number of hydrogen-bond acceptors (Lipinski definition) is 4. The maximum atomic E-state index is 6.00. The Hall–Kier alpha value is -1.81. The van der Waals surface area contributed by atoms with Gasteiger partial charge in [-0.3, -0.25) is 4.98 Å². The van der Waals surface area contributed by atoms with Crippen molar-refractivity contribution in [2.75, 3.05) is 5.73 Å². The third-order valence-electron chi connectivity index (χ3n) is 2.35. The second-order valence-electron chi connectivity index (χ2n) is 3.44. The van der Waals surface area contributed by atoms with E-state index in [2.05, 4.69) is 4.98 Å². The predicted molar refractivity (Wildman–Crippen MR) is 58.0 cm³/mol. The van der Waals surface area contributed by atoms with Crippen molar-refractivity contribution in [1.29, 1.82) is 0 Å². The normalized spacial score (nSPS) is 12.6. The lowest BCUT2D eigenvalue weighted by Crippen LogP contribution is -2.13. The van der Waals surface area contributed by atoms with E-state index in [0.717, 1.165) is 16.8 Å². The van der Waals surface area contributed by atoms with E-state index < -0.39 is 0 Å². The van der Waals surface area contributed by atoms with Gasteiger partial charge in [0, 0.05) is 29.7 Å². The Morgan fingerprint density at radius 1 is 1.40 bits per heavy atom. The van der Waals surface area contributed by atoms with Crippen molar-refractivity contribution in [3.05, 3.63) is 48.2 Å². The summed E-state index contributed by atoms with van der Waals surface area (Å²) in [5.74, 6) is 0. The molecule has 78 valence electrons. The summed E-state index contributed by atoms with van der Waals surface area (Å²) in [4.78, 5) is 4.02. The van der Waals surface area contributed by atoms with Crippen LogP contribution < -0.4 is 11.5 Å². The van der Waals surface area contributed by atoms with E-state index in [9.17, 15) is 0 Å². The zero-order valence-electron chi connectivity index (χ0n) is 8.26. The van der Waals surface area contributed by atoms with Crippen LogP contribution in [0.2, 0.25) is 0 Å². The molecule has 0 aliphatic heterocycles. The van der Waals surface area contributed by atoms with Gasteiger partial charge in [0.2, 0.25) is 0 Å². The summed E-state index contributed by atoms with van der Waals surface area (Å²) in [6.45, 7) is 0. The van der Waals surface area contributed by atoms with Crippen LogP contribution in [0.1, 0.15) is 17.2 Å². The highest BCUT2D eigenvalue weighted by Gasteiger charge is 2.09. The summed E-state index contributed by atoms with van der Waals surface area (Å²) >= 11 is 0. The summed E-state index contributed by atoms with van der Waals surface area (Å²) in [6.07, 6.45) is 7.34. The Morgan fingerprint density at radius 2 is 2.27 bits per heavy atom. The lowest BCUT2D eigenvalue weighted by atomic mass is 10.0. The molecule has 4 N–H and O–H groups in total. The van der Waals surface area contributed by atoms with Crippen molar-refractivity contribution < 1.29 is 4.42 Å². The van der Waals surface area contributed by atoms with Crippen LogP contribution >= 0.6 is 0 Å². The second kappa shape index (κ2) is 4.14. The van der Waals surface area contributed by atoms with Gasteiger partial charge in [-0.1, -0.05) is 0 Å². The van der Waals surface area contributed by atoms with Gasteiger partial charge in [0.15, 0.2) is 0 Å². The topological polar surface area (TPSA) is 78.1 Å². The Morgan fingerprint density at radius 3 is 2.93 bits per heavy atom. The predicted octanol–water partition coefficient (Wildman–Crippen LogP) is 1.50. The van der Waals surface area contributed by atoms with Gasteiger partial charge in [0.1, 0.15) is 0 Å². The van der Waals surface area contributed by atoms with E-state index >= 15 is 0 Å². The van der Waals surface area contributed by atoms with Crippen molar-refractivity contribution in [2.24, 2.45) is 5.73 Å². The zero-order valence-corrected chi connectivity index (χ0v) is 8.26. The minimum Gasteiger partial charge on any atom is -0.472 e. The Labute approximate surface area is 87.9 Å². The molecule has 0 aromatic carbocycles. The average Bonchev–Trinajstić information content (AvgIpc) is 2.74. The van der Waals surface area contributed by atoms with Crippen LogP contribution in [0.25, 0.3) is 0 Å². The third kappa shape index (κ3) is 2.16. The molecule has 1 unspecified atom stereocenters. The van der Waals surface area contributed by atoms with Crippen LogP contribution in [0.4, 0.5) is 5.69 Å². The van der Waals surface area contributed by atoms with Crippen LogP contribution in [-0.4, -0.2) is 4.98 Å². The van der Waals surface area contributed by atoms with Gasteiger partial charge in [-0.2, -0.15) is 0 Å². The molecule has 0 saturated heterocycles. The van der Waals surface area contributed by atoms with Crippen molar-refractivity contribution in [3.63, 3.8) is 0 Å². The molecule has 1 atom stereocenters. The van der Waals surface area contributed by atoms with Crippen LogP contribution in [0.15, 0.2) is 41.5 Å². The molecule has 2 heterocycles. The quantitative estimate of drug-likeness (QED) is 0.792. The number of rotatable bonds is 3.